The fraction of sp³-hybridized carbons (Fsp3) is 0.133. The molecular weight excluding hydrogens is 258 g/mol. The molecule has 0 fully saturated rings. The van der Waals surface area contributed by atoms with Crippen molar-refractivity contribution in [3.8, 4) is 5.75 Å². The summed E-state index contributed by atoms with van der Waals surface area (Å²) < 4.78 is 5.87. The van der Waals surface area contributed by atoms with E-state index in [-0.39, 0.29) is 6.61 Å². The molecule has 0 radical (unpaired) electrons. The lowest BCUT2D eigenvalue weighted by Gasteiger charge is -2.09. The zero-order chi connectivity index (χ0) is 13.1. The number of thiophene rings is 1. The minimum Gasteiger partial charge on any atom is -0.487 e. The lowest BCUT2D eigenvalue weighted by molar-refractivity contribution is 0.274. The summed E-state index contributed by atoms with van der Waals surface area (Å²) in [6.07, 6.45) is 0. The van der Waals surface area contributed by atoms with Crippen molar-refractivity contribution in [2.24, 2.45) is 0 Å². The van der Waals surface area contributed by atoms with Crippen molar-refractivity contribution in [2.45, 2.75) is 13.2 Å². The summed E-state index contributed by atoms with van der Waals surface area (Å²) >= 11 is 1.67. The number of aliphatic hydroxyl groups excluding tert-OH is 1. The van der Waals surface area contributed by atoms with E-state index in [0.29, 0.717) is 12.3 Å². The average molecular weight is 271 g/mol. The van der Waals surface area contributed by atoms with Gasteiger partial charge in [0.05, 0.1) is 17.8 Å². The highest BCUT2D eigenvalue weighted by Crippen LogP contribution is 2.26. The molecule has 0 unspecified atom stereocenters. The first-order valence-corrected chi connectivity index (χ1v) is 6.89. The number of benzene rings is 1. The molecule has 0 bridgehead atoms. The largest absolute Gasteiger partial charge is 0.487 e. The quantitative estimate of drug-likeness (QED) is 0.791. The first-order chi connectivity index (χ1) is 9.36. The third kappa shape index (κ3) is 2.59. The van der Waals surface area contributed by atoms with E-state index in [0.717, 1.165) is 16.7 Å². The lowest BCUT2D eigenvalue weighted by atomic mass is 10.2. The molecule has 1 N–H and O–H groups in total. The van der Waals surface area contributed by atoms with Gasteiger partial charge in [-0.3, -0.25) is 4.98 Å². The smallest absolute Gasteiger partial charge is 0.131 e. The number of hydrogen-bond donors (Lipinski definition) is 1. The van der Waals surface area contributed by atoms with Crippen LogP contribution in [-0.4, -0.2) is 10.1 Å². The molecule has 2 heterocycles. The van der Waals surface area contributed by atoms with Crippen molar-refractivity contribution in [2.75, 3.05) is 0 Å². The van der Waals surface area contributed by atoms with Gasteiger partial charge in [0.2, 0.25) is 0 Å². The van der Waals surface area contributed by atoms with Crippen LogP contribution in [0.1, 0.15) is 10.6 Å². The molecule has 0 amide bonds. The van der Waals surface area contributed by atoms with Gasteiger partial charge in [0, 0.05) is 16.3 Å². The van der Waals surface area contributed by atoms with E-state index < -0.39 is 0 Å². The maximum absolute atomic E-state index is 9.26. The molecule has 0 aliphatic heterocycles. The number of aromatic nitrogens is 1. The molecule has 4 heteroatoms. The van der Waals surface area contributed by atoms with Crippen LogP contribution < -0.4 is 4.74 Å². The molecule has 0 saturated heterocycles. The molecule has 96 valence electrons. The second kappa shape index (κ2) is 5.38. The summed E-state index contributed by atoms with van der Waals surface area (Å²) in [5, 5.41) is 12.3. The zero-order valence-electron chi connectivity index (χ0n) is 10.2. The van der Waals surface area contributed by atoms with Crippen molar-refractivity contribution in [3.63, 3.8) is 0 Å². The van der Waals surface area contributed by atoms with Crippen LogP contribution in [0, 0.1) is 0 Å². The normalized spacial score (nSPS) is 10.8. The fourth-order valence-corrected chi connectivity index (χ4v) is 2.56. The second-order valence-electron chi connectivity index (χ2n) is 4.16. The molecule has 3 rings (SSSR count). The van der Waals surface area contributed by atoms with Crippen molar-refractivity contribution in [1.29, 1.82) is 0 Å². The number of para-hydroxylation sites is 1. The number of fused-ring (bicyclic) bond motifs is 1. The molecular formula is C15H13NO2S. The van der Waals surface area contributed by atoms with Gasteiger partial charge in [0.15, 0.2) is 0 Å². The Hall–Kier alpha value is -1.91. The van der Waals surface area contributed by atoms with E-state index in [2.05, 4.69) is 4.98 Å². The van der Waals surface area contributed by atoms with Gasteiger partial charge < -0.3 is 9.84 Å². The Morgan fingerprint density at radius 2 is 2.05 bits per heavy atom. The zero-order valence-corrected chi connectivity index (χ0v) is 11.1. The molecule has 0 aliphatic rings. The second-order valence-corrected chi connectivity index (χ2v) is 5.19. The third-order valence-electron chi connectivity index (χ3n) is 2.84. The van der Waals surface area contributed by atoms with E-state index in [1.165, 1.54) is 4.88 Å². The van der Waals surface area contributed by atoms with Crippen LogP contribution in [0.2, 0.25) is 0 Å². The Morgan fingerprint density at radius 3 is 2.84 bits per heavy atom. The van der Waals surface area contributed by atoms with E-state index in [9.17, 15) is 5.11 Å². The van der Waals surface area contributed by atoms with Crippen LogP contribution in [0.3, 0.4) is 0 Å². The fourth-order valence-electron chi connectivity index (χ4n) is 1.94. The van der Waals surface area contributed by atoms with Crippen molar-refractivity contribution < 1.29 is 9.84 Å². The Labute approximate surface area is 115 Å². The van der Waals surface area contributed by atoms with Gasteiger partial charge in [-0.15, -0.1) is 11.3 Å². The van der Waals surface area contributed by atoms with Gasteiger partial charge in [0.25, 0.3) is 0 Å². The molecule has 19 heavy (non-hydrogen) atoms. The average Bonchev–Trinajstić information content (AvgIpc) is 2.97. The summed E-state index contributed by atoms with van der Waals surface area (Å²) in [6.45, 7) is 0.455. The van der Waals surface area contributed by atoms with E-state index in [4.69, 9.17) is 4.74 Å². The predicted molar refractivity (Wildman–Crippen MR) is 76.3 cm³/mol. The van der Waals surface area contributed by atoms with Crippen LogP contribution in [0.15, 0.2) is 47.8 Å². The van der Waals surface area contributed by atoms with E-state index in [1.807, 2.05) is 41.8 Å². The maximum atomic E-state index is 9.26. The van der Waals surface area contributed by atoms with Crippen LogP contribution in [0.4, 0.5) is 0 Å². The standard InChI is InChI=1S/C15H13NO2S/c17-9-11-8-15(18-10-12-4-3-7-19-12)13-5-1-2-6-14(13)16-11/h1-8,17H,9-10H2. The summed E-state index contributed by atoms with van der Waals surface area (Å²) in [5.74, 6) is 0.767. The van der Waals surface area contributed by atoms with Gasteiger partial charge >= 0.3 is 0 Å². The topological polar surface area (TPSA) is 42.4 Å². The van der Waals surface area contributed by atoms with Gasteiger partial charge in [-0.1, -0.05) is 18.2 Å². The molecule has 2 aromatic heterocycles. The lowest BCUT2D eigenvalue weighted by Crippen LogP contribution is -1.97. The number of hydrogen-bond acceptors (Lipinski definition) is 4. The summed E-state index contributed by atoms with van der Waals surface area (Å²) in [6, 6.07) is 13.6. The highest BCUT2D eigenvalue weighted by Gasteiger charge is 2.06. The highest BCUT2D eigenvalue weighted by molar-refractivity contribution is 7.09. The van der Waals surface area contributed by atoms with Crippen LogP contribution in [0.25, 0.3) is 10.9 Å². The summed E-state index contributed by atoms with van der Waals surface area (Å²) in [5.41, 5.74) is 1.47. The van der Waals surface area contributed by atoms with Gasteiger partial charge in [-0.25, -0.2) is 0 Å². The third-order valence-corrected chi connectivity index (χ3v) is 3.69. The van der Waals surface area contributed by atoms with E-state index in [1.54, 1.807) is 17.4 Å². The molecule has 3 nitrogen and oxygen atoms in total. The number of pyridine rings is 1. The monoisotopic (exact) mass is 271 g/mol. The molecule has 0 saturated carbocycles. The summed E-state index contributed by atoms with van der Waals surface area (Å²) in [7, 11) is 0. The van der Waals surface area contributed by atoms with Gasteiger partial charge in [0.1, 0.15) is 12.4 Å². The number of rotatable bonds is 4. The SMILES string of the molecule is OCc1cc(OCc2cccs2)c2ccccc2n1. The highest BCUT2D eigenvalue weighted by atomic mass is 32.1. The molecule has 0 spiro atoms. The van der Waals surface area contributed by atoms with Gasteiger partial charge in [-0.05, 0) is 23.6 Å². The number of ether oxygens (including phenoxy) is 1. The first-order valence-electron chi connectivity index (χ1n) is 6.01. The Balaban J connectivity index is 1.96. The van der Waals surface area contributed by atoms with Crippen LogP contribution >= 0.6 is 11.3 Å². The Kier molecular flexibility index (Phi) is 3.44. The van der Waals surface area contributed by atoms with E-state index >= 15 is 0 Å². The van der Waals surface area contributed by atoms with Crippen LogP contribution in [0.5, 0.6) is 5.75 Å². The van der Waals surface area contributed by atoms with Crippen LogP contribution in [-0.2, 0) is 13.2 Å². The predicted octanol–water partition coefficient (Wildman–Crippen LogP) is 3.37. The minimum absolute atomic E-state index is 0.0831. The molecule has 0 atom stereocenters. The first kappa shape index (κ1) is 12.1. The van der Waals surface area contributed by atoms with Crippen molar-refractivity contribution in [1.82, 2.24) is 4.98 Å². The summed E-state index contributed by atoms with van der Waals surface area (Å²) in [4.78, 5) is 5.54. The van der Waals surface area contributed by atoms with Crippen molar-refractivity contribution >= 4 is 22.2 Å². The van der Waals surface area contributed by atoms with Crippen molar-refractivity contribution in [3.05, 3.63) is 58.4 Å². The Bertz CT molecular complexity index is 680. The maximum Gasteiger partial charge on any atom is 0.131 e. The molecule has 3 aromatic rings. The minimum atomic E-state index is -0.0831. The number of nitrogens with zero attached hydrogens (tertiary/aromatic N) is 1. The van der Waals surface area contributed by atoms with Gasteiger partial charge in [-0.2, -0.15) is 0 Å². The molecule has 1 aromatic carbocycles. The Morgan fingerprint density at radius 1 is 1.16 bits per heavy atom. The molecule has 0 aliphatic carbocycles. The number of aliphatic hydroxyl groups is 1.